The zero-order valence-corrected chi connectivity index (χ0v) is 12.3. The van der Waals surface area contributed by atoms with Gasteiger partial charge in [-0.1, -0.05) is 38.1 Å². The van der Waals surface area contributed by atoms with Gasteiger partial charge in [0.05, 0.1) is 18.6 Å². The van der Waals surface area contributed by atoms with Gasteiger partial charge in [-0.3, -0.25) is 4.79 Å². The lowest BCUT2D eigenvalue weighted by Gasteiger charge is -2.10. The Bertz CT molecular complexity index is 381. The fourth-order valence-corrected chi connectivity index (χ4v) is 1.46. The zero-order chi connectivity index (χ0) is 14.3. The van der Waals surface area contributed by atoms with Crippen molar-refractivity contribution in [1.82, 2.24) is 0 Å². The SMILES string of the molecule is CCC(C)C(=O)OCc1ccc(COC(C)C)cc1. The van der Waals surface area contributed by atoms with E-state index in [1.165, 1.54) is 0 Å². The quantitative estimate of drug-likeness (QED) is 0.704. The van der Waals surface area contributed by atoms with Gasteiger partial charge in [0.15, 0.2) is 0 Å². The molecule has 1 unspecified atom stereocenters. The standard InChI is InChI=1S/C16H24O3/c1-5-13(4)16(17)19-11-15-8-6-14(7-9-15)10-18-12(2)3/h6-9,12-13H,5,10-11H2,1-4H3. The Hall–Kier alpha value is -1.35. The van der Waals surface area contributed by atoms with Gasteiger partial charge in [0.25, 0.3) is 0 Å². The van der Waals surface area contributed by atoms with Crippen LogP contribution in [0.3, 0.4) is 0 Å². The molecule has 1 atom stereocenters. The van der Waals surface area contributed by atoms with Crippen molar-refractivity contribution in [3.05, 3.63) is 35.4 Å². The highest BCUT2D eigenvalue weighted by molar-refractivity contribution is 5.71. The number of benzene rings is 1. The van der Waals surface area contributed by atoms with Crippen molar-refractivity contribution in [3.8, 4) is 0 Å². The van der Waals surface area contributed by atoms with Gasteiger partial charge in [-0.2, -0.15) is 0 Å². The Labute approximate surface area is 115 Å². The predicted octanol–water partition coefficient (Wildman–Crippen LogP) is 3.70. The highest BCUT2D eigenvalue weighted by Crippen LogP contribution is 2.10. The maximum Gasteiger partial charge on any atom is 0.308 e. The van der Waals surface area contributed by atoms with Crippen LogP contribution in [0.1, 0.15) is 45.2 Å². The van der Waals surface area contributed by atoms with Crippen molar-refractivity contribution in [2.24, 2.45) is 5.92 Å². The van der Waals surface area contributed by atoms with Crippen LogP contribution < -0.4 is 0 Å². The van der Waals surface area contributed by atoms with Crippen LogP contribution in [0.15, 0.2) is 24.3 Å². The maximum absolute atomic E-state index is 11.5. The van der Waals surface area contributed by atoms with Crippen molar-refractivity contribution in [3.63, 3.8) is 0 Å². The van der Waals surface area contributed by atoms with Crippen molar-refractivity contribution in [2.75, 3.05) is 0 Å². The average Bonchev–Trinajstić information content (AvgIpc) is 2.42. The van der Waals surface area contributed by atoms with Crippen LogP contribution in [0.2, 0.25) is 0 Å². The Morgan fingerprint density at radius 2 is 1.58 bits per heavy atom. The largest absolute Gasteiger partial charge is 0.461 e. The maximum atomic E-state index is 11.5. The number of esters is 1. The van der Waals surface area contributed by atoms with Crippen LogP contribution in [0, 0.1) is 5.92 Å². The van der Waals surface area contributed by atoms with Crippen LogP contribution in [0.25, 0.3) is 0 Å². The molecule has 0 amide bonds. The van der Waals surface area contributed by atoms with Gasteiger partial charge >= 0.3 is 5.97 Å². The molecule has 0 heterocycles. The number of hydrogen-bond donors (Lipinski definition) is 0. The van der Waals surface area contributed by atoms with Gasteiger partial charge in [-0.15, -0.1) is 0 Å². The van der Waals surface area contributed by atoms with Crippen molar-refractivity contribution < 1.29 is 14.3 Å². The molecule has 0 saturated heterocycles. The monoisotopic (exact) mass is 264 g/mol. The van der Waals surface area contributed by atoms with E-state index < -0.39 is 0 Å². The summed E-state index contributed by atoms with van der Waals surface area (Å²) in [5.41, 5.74) is 2.13. The molecule has 0 aromatic heterocycles. The number of carbonyl (C=O) groups is 1. The zero-order valence-electron chi connectivity index (χ0n) is 12.3. The highest BCUT2D eigenvalue weighted by Gasteiger charge is 2.11. The first-order chi connectivity index (χ1) is 9.02. The van der Waals surface area contributed by atoms with Crippen LogP contribution in [0.4, 0.5) is 0 Å². The second kappa shape index (κ2) is 7.95. The van der Waals surface area contributed by atoms with Gasteiger partial charge in [0.1, 0.15) is 6.61 Å². The van der Waals surface area contributed by atoms with Crippen LogP contribution in [-0.2, 0) is 27.5 Å². The third-order valence-electron chi connectivity index (χ3n) is 3.00. The predicted molar refractivity (Wildman–Crippen MR) is 75.6 cm³/mol. The molecule has 0 aliphatic heterocycles. The Kier molecular flexibility index (Phi) is 6.57. The summed E-state index contributed by atoms with van der Waals surface area (Å²) in [6, 6.07) is 7.97. The molecule has 106 valence electrons. The molecule has 0 spiro atoms. The number of hydrogen-bond acceptors (Lipinski definition) is 3. The molecule has 0 fully saturated rings. The first-order valence-electron chi connectivity index (χ1n) is 6.89. The molecule has 0 aliphatic carbocycles. The Morgan fingerprint density at radius 1 is 1.05 bits per heavy atom. The summed E-state index contributed by atoms with van der Waals surface area (Å²) in [6.07, 6.45) is 1.04. The van der Waals surface area contributed by atoms with Gasteiger partial charge < -0.3 is 9.47 Å². The molecular formula is C16H24O3. The van der Waals surface area contributed by atoms with E-state index in [1.54, 1.807) is 0 Å². The molecule has 1 aromatic carbocycles. The van der Waals surface area contributed by atoms with Gasteiger partial charge in [-0.05, 0) is 31.4 Å². The average molecular weight is 264 g/mol. The minimum absolute atomic E-state index is 0.0290. The first kappa shape index (κ1) is 15.7. The lowest BCUT2D eigenvalue weighted by Crippen LogP contribution is -2.13. The summed E-state index contributed by atoms with van der Waals surface area (Å²) in [4.78, 5) is 11.5. The topological polar surface area (TPSA) is 35.5 Å². The minimum Gasteiger partial charge on any atom is -0.461 e. The van der Waals surface area contributed by atoms with E-state index in [4.69, 9.17) is 9.47 Å². The van der Waals surface area contributed by atoms with E-state index >= 15 is 0 Å². The summed E-state index contributed by atoms with van der Waals surface area (Å²) in [5.74, 6) is -0.159. The summed E-state index contributed by atoms with van der Waals surface area (Å²) in [7, 11) is 0. The fourth-order valence-electron chi connectivity index (χ4n) is 1.46. The Balaban J connectivity index is 2.42. The minimum atomic E-state index is -0.130. The molecule has 0 N–H and O–H groups in total. The van der Waals surface area contributed by atoms with E-state index in [9.17, 15) is 4.79 Å². The van der Waals surface area contributed by atoms with Crippen molar-refractivity contribution in [2.45, 2.75) is 53.4 Å². The molecule has 0 saturated carbocycles. The number of rotatable bonds is 7. The lowest BCUT2D eigenvalue weighted by atomic mass is 10.1. The second-order valence-electron chi connectivity index (χ2n) is 5.09. The summed E-state index contributed by atoms with van der Waals surface area (Å²) >= 11 is 0. The van der Waals surface area contributed by atoms with Gasteiger partial charge in [0.2, 0.25) is 0 Å². The molecule has 3 nitrogen and oxygen atoms in total. The van der Waals surface area contributed by atoms with Crippen LogP contribution in [0.5, 0.6) is 0 Å². The van der Waals surface area contributed by atoms with Crippen LogP contribution in [-0.4, -0.2) is 12.1 Å². The third kappa shape index (κ3) is 5.88. The normalized spacial score (nSPS) is 12.5. The Morgan fingerprint density at radius 3 is 2.05 bits per heavy atom. The third-order valence-corrected chi connectivity index (χ3v) is 3.00. The molecular weight excluding hydrogens is 240 g/mol. The van der Waals surface area contributed by atoms with E-state index in [1.807, 2.05) is 52.0 Å². The molecule has 3 heteroatoms. The first-order valence-corrected chi connectivity index (χ1v) is 6.89. The molecule has 1 rings (SSSR count). The molecule has 0 aliphatic rings. The smallest absolute Gasteiger partial charge is 0.308 e. The molecule has 19 heavy (non-hydrogen) atoms. The molecule has 1 aromatic rings. The summed E-state index contributed by atoms with van der Waals surface area (Å²) in [6.45, 7) is 8.86. The molecule has 0 bridgehead atoms. The summed E-state index contributed by atoms with van der Waals surface area (Å²) < 4.78 is 10.8. The van der Waals surface area contributed by atoms with E-state index in [0.29, 0.717) is 13.2 Å². The van der Waals surface area contributed by atoms with Gasteiger partial charge in [0, 0.05) is 0 Å². The fraction of sp³-hybridized carbons (Fsp3) is 0.562. The number of carbonyl (C=O) groups excluding carboxylic acids is 1. The van der Waals surface area contributed by atoms with Crippen LogP contribution >= 0.6 is 0 Å². The van der Waals surface area contributed by atoms with E-state index in [0.717, 1.165) is 17.5 Å². The van der Waals surface area contributed by atoms with Crippen molar-refractivity contribution >= 4 is 5.97 Å². The van der Waals surface area contributed by atoms with E-state index in [-0.39, 0.29) is 18.0 Å². The van der Waals surface area contributed by atoms with Gasteiger partial charge in [-0.25, -0.2) is 0 Å². The summed E-state index contributed by atoms with van der Waals surface area (Å²) in [5, 5.41) is 0. The lowest BCUT2D eigenvalue weighted by molar-refractivity contribution is -0.149. The van der Waals surface area contributed by atoms with Crippen molar-refractivity contribution in [1.29, 1.82) is 0 Å². The molecule has 0 radical (unpaired) electrons. The van der Waals surface area contributed by atoms with E-state index in [2.05, 4.69) is 0 Å². The second-order valence-corrected chi connectivity index (χ2v) is 5.09. The highest BCUT2D eigenvalue weighted by atomic mass is 16.5. The number of ether oxygens (including phenoxy) is 2.